The molecule has 0 bridgehead atoms. The standard InChI is InChI=1S/C61H33N7OS/c62-34-36-17-24-51-43(29-36)44-31-38(68-53-15-5-6-16-57(53)70-58-30-37(35-63)18-25-54(58)68)21-26-52(44)67(51)40-20-23-46-56(33-40)69-55-32-39(66-49-13-3-1-9-41(49)42-10-2-4-14-50(42)66)19-22-45(55)61(46)47-11-7-27-64-59(47)60-48(61)12-8-28-65-60/h1-33H. The van der Waals surface area contributed by atoms with Gasteiger partial charge in [0, 0.05) is 84.1 Å². The number of nitriles is 2. The zero-order valence-electron chi connectivity index (χ0n) is 37.0. The monoisotopic (exact) mass is 911 g/mol. The molecule has 12 aromatic rings. The number of aromatic nitrogens is 4. The number of rotatable bonds is 3. The Morgan fingerprint density at radius 2 is 0.957 bits per heavy atom. The molecule has 15 rings (SSSR count). The van der Waals surface area contributed by atoms with Gasteiger partial charge in [0.05, 0.1) is 73.5 Å². The number of hydrogen-bond donors (Lipinski definition) is 0. The Hall–Kier alpha value is -9.41. The summed E-state index contributed by atoms with van der Waals surface area (Å²) in [4.78, 5) is 14.4. The van der Waals surface area contributed by atoms with Crippen LogP contribution in [0.4, 0.5) is 17.1 Å². The quantitative estimate of drug-likeness (QED) is 0.174. The molecule has 0 N–H and O–H groups in total. The summed E-state index contributed by atoms with van der Waals surface area (Å²) in [5.74, 6) is 1.48. The second-order valence-corrected chi connectivity index (χ2v) is 19.0. The fourth-order valence-electron chi connectivity index (χ4n) is 11.7. The van der Waals surface area contributed by atoms with Crippen LogP contribution in [0.25, 0.3) is 66.4 Å². The van der Waals surface area contributed by atoms with E-state index in [1.54, 1.807) is 11.8 Å². The lowest BCUT2D eigenvalue weighted by Crippen LogP contribution is -2.32. The molecule has 0 saturated heterocycles. The van der Waals surface area contributed by atoms with Crippen molar-refractivity contribution in [1.29, 1.82) is 10.5 Å². The number of para-hydroxylation sites is 3. The van der Waals surface area contributed by atoms with Crippen LogP contribution in [0.3, 0.4) is 0 Å². The Morgan fingerprint density at radius 1 is 0.429 bits per heavy atom. The summed E-state index contributed by atoms with van der Waals surface area (Å²) in [7, 11) is 0. The van der Waals surface area contributed by atoms with Crippen LogP contribution in [0, 0.1) is 22.7 Å². The van der Waals surface area contributed by atoms with Gasteiger partial charge in [0.15, 0.2) is 0 Å². The summed E-state index contributed by atoms with van der Waals surface area (Å²) in [6.45, 7) is 0. The maximum absolute atomic E-state index is 10.2. The molecule has 6 heterocycles. The molecule has 8 aromatic carbocycles. The minimum absolute atomic E-state index is 0.582. The van der Waals surface area contributed by atoms with Gasteiger partial charge in [0.2, 0.25) is 0 Å². The van der Waals surface area contributed by atoms with E-state index in [9.17, 15) is 10.5 Å². The van der Waals surface area contributed by atoms with Crippen LogP contribution in [-0.4, -0.2) is 19.1 Å². The minimum Gasteiger partial charge on any atom is -0.457 e. The van der Waals surface area contributed by atoms with E-state index in [2.05, 4.69) is 172 Å². The Labute approximate surface area is 405 Å². The highest BCUT2D eigenvalue weighted by molar-refractivity contribution is 7.99. The summed E-state index contributed by atoms with van der Waals surface area (Å²) >= 11 is 1.68. The van der Waals surface area contributed by atoms with Crippen molar-refractivity contribution in [3.05, 3.63) is 234 Å². The highest BCUT2D eigenvalue weighted by atomic mass is 32.2. The van der Waals surface area contributed by atoms with Gasteiger partial charge >= 0.3 is 0 Å². The Balaban J connectivity index is 0.958. The topological polar surface area (TPSA) is 95.7 Å². The molecule has 1 spiro atoms. The second kappa shape index (κ2) is 14.3. The molecular formula is C61H33N7OS. The molecule has 4 aromatic heterocycles. The van der Waals surface area contributed by atoms with Gasteiger partial charge in [-0.15, -0.1) is 0 Å². The van der Waals surface area contributed by atoms with Gasteiger partial charge in [-0.05, 0) is 114 Å². The van der Waals surface area contributed by atoms with Crippen molar-refractivity contribution in [2.45, 2.75) is 15.2 Å². The van der Waals surface area contributed by atoms with Crippen molar-refractivity contribution in [2.24, 2.45) is 0 Å². The lowest BCUT2D eigenvalue weighted by atomic mass is 9.66. The van der Waals surface area contributed by atoms with Gasteiger partial charge in [-0.1, -0.05) is 84.6 Å². The highest BCUT2D eigenvalue weighted by Gasteiger charge is 2.52. The van der Waals surface area contributed by atoms with E-state index in [0.29, 0.717) is 11.1 Å². The largest absolute Gasteiger partial charge is 0.457 e. The van der Waals surface area contributed by atoms with Crippen LogP contribution in [-0.2, 0) is 5.41 Å². The molecule has 324 valence electrons. The fraction of sp³-hybridized carbons (Fsp3) is 0.0164. The average Bonchev–Trinajstić information content (AvgIpc) is 4.04. The van der Waals surface area contributed by atoms with E-state index in [0.717, 1.165) is 116 Å². The van der Waals surface area contributed by atoms with Crippen molar-refractivity contribution < 1.29 is 4.74 Å². The lowest BCUT2D eigenvalue weighted by molar-refractivity contribution is 0.436. The van der Waals surface area contributed by atoms with E-state index in [1.165, 1.54) is 10.8 Å². The first-order chi connectivity index (χ1) is 34.6. The number of pyridine rings is 2. The van der Waals surface area contributed by atoms with E-state index in [4.69, 9.17) is 14.7 Å². The molecule has 3 aliphatic rings. The molecule has 1 aliphatic carbocycles. The minimum atomic E-state index is -0.779. The van der Waals surface area contributed by atoms with Gasteiger partial charge in [0.1, 0.15) is 11.5 Å². The number of nitrogens with zero attached hydrogens (tertiary/aromatic N) is 7. The van der Waals surface area contributed by atoms with Crippen molar-refractivity contribution in [2.75, 3.05) is 4.90 Å². The van der Waals surface area contributed by atoms with Crippen molar-refractivity contribution >= 4 is 72.4 Å². The van der Waals surface area contributed by atoms with Gasteiger partial charge < -0.3 is 18.8 Å². The zero-order valence-corrected chi connectivity index (χ0v) is 37.8. The molecule has 0 fully saturated rings. The van der Waals surface area contributed by atoms with E-state index in [-0.39, 0.29) is 0 Å². The van der Waals surface area contributed by atoms with Crippen LogP contribution in [0.5, 0.6) is 11.5 Å². The molecule has 0 radical (unpaired) electrons. The zero-order chi connectivity index (χ0) is 46.2. The molecule has 0 saturated carbocycles. The first kappa shape index (κ1) is 38.7. The van der Waals surface area contributed by atoms with Crippen molar-refractivity contribution in [3.8, 4) is 46.4 Å². The summed E-state index contributed by atoms with van der Waals surface area (Å²) < 4.78 is 11.9. The lowest BCUT2D eigenvalue weighted by Gasteiger charge is -2.39. The highest BCUT2D eigenvalue weighted by Crippen LogP contribution is 2.62. The van der Waals surface area contributed by atoms with Crippen molar-refractivity contribution in [1.82, 2.24) is 19.1 Å². The maximum Gasteiger partial charge on any atom is 0.134 e. The predicted octanol–water partition coefficient (Wildman–Crippen LogP) is 14.8. The summed E-state index contributed by atoms with van der Waals surface area (Å²) in [6.07, 6.45) is 3.70. The molecule has 9 heteroatoms. The molecule has 0 amide bonds. The van der Waals surface area contributed by atoms with E-state index < -0.39 is 5.41 Å². The van der Waals surface area contributed by atoms with E-state index >= 15 is 0 Å². The third-order valence-corrected chi connectivity index (χ3v) is 15.6. The normalized spacial score (nSPS) is 13.5. The third kappa shape index (κ3) is 5.13. The molecule has 0 unspecified atom stereocenters. The van der Waals surface area contributed by atoms with Gasteiger partial charge in [-0.25, -0.2) is 0 Å². The first-order valence-corrected chi connectivity index (χ1v) is 23.9. The van der Waals surface area contributed by atoms with Crippen LogP contribution < -0.4 is 9.64 Å². The predicted molar refractivity (Wildman–Crippen MR) is 276 cm³/mol. The van der Waals surface area contributed by atoms with Crippen LogP contribution in [0.2, 0.25) is 0 Å². The maximum atomic E-state index is 10.2. The van der Waals surface area contributed by atoms with Crippen LogP contribution >= 0.6 is 11.8 Å². The van der Waals surface area contributed by atoms with Gasteiger partial charge in [0.25, 0.3) is 0 Å². The summed E-state index contributed by atoms with van der Waals surface area (Å²) in [6, 6.07) is 70.3. The molecular weight excluding hydrogens is 879 g/mol. The number of fused-ring (bicyclic) bond motifs is 17. The summed E-state index contributed by atoms with van der Waals surface area (Å²) in [5, 5.41) is 24.4. The Morgan fingerprint density at radius 3 is 1.61 bits per heavy atom. The Bertz CT molecular complexity index is 4280. The average molecular weight is 912 g/mol. The van der Waals surface area contributed by atoms with Gasteiger partial charge in [-0.3, -0.25) is 9.97 Å². The van der Waals surface area contributed by atoms with Gasteiger partial charge in [-0.2, -0.15) is 10.5 Å². The van der Waals surface area contributed by atoms with E-state index in [1.807, 2.05) is 54.9 Å². The molecule has 2 aliphatic heterocycles. The third-order valence-electron chi connectivity index (χ3n) is 14.5. The summed E-state index contributed by atoms with van der Waals surface area (Å²) in [5.41, 5.74) is 15.4. The second-order valence-electron chi connectivity index (χ2n) is 18.0. The Kier molecular flexibility index (Phi) is 7.90. The smallest absolute Gasteiger partial charge is 0.134 e. The van der Waals surface area contributed by atoms with Crippen molar-refractivity contribution in [3.63, 3.8) is 0 Å². The fourth-order valence-corrected chi connectivity index (χ4v) is 12.8. The SMILES string of the molecule is N#Cc1ccc2c(c1)Sc1ccccc1N2c1ccc2c(c1)c1cc(C#N)ccc1n2-c1ccc2c(c1)Oc1cc(-n3c4ccccc4c4ccccc43)ccc1C21c2cccnc2-c2ncccc21. The number of ether oxygens (including phenoxy) is 1. The number of anilines is 3. The molecule has 0 atom stereocenters. The van der Waals surface area contributed by atoms with Crippen LogP contribution in [0.1, 0.15) is 33.4 Å². The first-order valence-electron chi connectivity index (χ1n) is 23.1. The number of benzene rings is 8. The molecule has 70 heavy (non-hydrogen) atoms. The molecule has 8 nitrogen and oxygen atoms in total. The van der Waals surface area contributed by atoms with Crippen LogP contribution in [0.15, 0.2) is 210 Å². The number of hydrogen-bond acceptors (Lipinski definition) is 7.